The lowest BCUT2D eigenvalue weighted by Crippen LogP contribution is -2.16. The third kappa shape index (κ3) is 4.51. The number of para-hydroxylation sites is 1. The van der Waals surface area contributed by atoms with Gasteiger partial charge < -0.3 is 9.84 Å². The van der Waals surface area contributed by atoms with Crippen molar-refractivity contribution in [2.75, 3.05) is 0 Å². The average molecular weight is 454 g/mol. The fourth-order valence-corrected chi connectivity index (χ4v) is 4.42. The molecule has 4 rings (SSSR count). The van der Waals surface area contributed by atoms with Gasteiger partial charge >= 0.3 is 0 Å². The Morgan fingerprint density at radius 2 is 1.81 bits per heavy atom. The van der Waals surface area contributed by atoms with E-state index in [1.54, 1.807) is 36.1 Å². The first-order valence-electron chi connectivity index (χ1n) is 10.0. The predicted octanol–water partition coefficient (Wildman–Crippen LogP) is 6.33. The van der Waals surface area contributed by atoms with Crippen LogP contribution in [-0.4, -0.2) is 26.0 Å². The smallest absolute Gasteiger partial charge is 0.222 e. The Kier molecular flexibility index (Phi) is 5.88. The van der Waals surface area contributed by atoms with E-state index in [9.17, 15) is 5.11 Å². The summed E-state index contributed by atoms with van der Waals surface area (Å²) in [6.45, 7) is 7.42. The van der Waals surface area contributed by atoms with Crippen LogP contribution in [0.25, 0.3) is 26.7 Å². The minimum absolute atomic E-state index is 0.0316. The van der Waals surface area contributed by atoms with Gasteiger partial charge in [0.1, 0.15) is 5.60 Å². The van der Waals surface area contributed by atoms with Crippen molar-refractivity contribution in [3.05, 3.63) is 71.5 Å². The normalized spacial score (nSPS) is 11.8. The maximum absolute atomic E-state index is 10.6. The highest BCUT2D eigenvalue weighted by Gasteiger charge is 2.24. The van der Waals surface area contributed by atoms with Crippen LogP contribution in [0, 0.1) is 0 Å². The summed E-state index contributed by atoms with van der Waals surface area (Å²) >= 11 is 8.08. The van der Waals surface area contributed by atoms with Gasteiger partial charge in [-0.05, 0) is 70.2 Å². The number of aliphatic hydroxyl groups is 1. The standard InChI is InChI=1S/C24H24ClN3O2S/c1-15(2)30-23-16(8-7-13-26-23)20-11-12-21(31-20)19-14-22(24(3,4)29)27-28(19)18-10-6-5-9-17(18)25/h5-15,29H,1-4H3. The topological polar surface area (TPSA) is 60.2 Å². The first kappa shape index (κ1) is 21.6. The Hall–Kier alpha value is -2.67. The molecule has 7 heteroatoms. The summed E-state index contributed by atoms with van der Waals surface area (Å²) in [7, 11) is 0. The number of benzene rings is 1. The number of thiophene rings is 1. The van der Waals surface area contributed by atoms with Gasteiger partial charge in [0.15, 0.2) is 0 Å². The van der Waals surface area contributed by atoms with Crippen molar-refractivity contribution >= 4 is 22.9 Å². The summed E-state index contributed by atoms with van der Waals surface area (Å²) in [5, 5.41) is 15.8. The number of halogens is 1. The number of hydrogen-bond acceptors (Lipinski definition) is 5. The van der Waals surface area contributed by atoms with Crippen LogP contribution in [0.15, 0.2) is 60.8 Å². The van der Waals surface area contributed by atoms with Crippen molar-refractivity contribution < 1.29 is 9.84 Å². The van der Waals surface area contributed by atoms with E-state index in [0.29, 0.717) is 16.6 Å². The second kappa shape index (κ2) is 8.46. The van der Waals surface area contributed by atoms with Crippen molar-refractivity contribution in [2.24, 2.45) is 0 Å². The summed E-state index contributed by atoms with van der Waals surface area (Å²) in [5.41, 5.74) is 2.05. The molecule has 0 amide bonds. The third-order valence-corrected chi connectivity index (χ3v) is 6.12. The van der Waals surface area contributed by atoms with Crippen LogP contribution in [0.2, 0.25) is 5.02 Å². The zero-order valence-corrected chi connectivity index (χ0v) is 19.4. The van der Waals surface area contributed by atoms with Gasteiger partial charge in [0, 0.05) is 11.1 Å². The molecule has 0 bridgehead atoms. The Morgan fingerprint density at radius 1 is 1.06 bits per heavy atom. The molecule has 3 heterocycles. The molecule has 0 aliphatic rings. The highest BCUT2D eigenvalue weighted by Crippen LogP contribution is 2.40. The van der Waals surface area contributed by atoms with E-state index >= 15 is 0 Å². The number of pyridine rings is 1. The number of rotatable bonds is 6. The first-order valence-corrected chi connectivity index (χ1v) is 11.2. The van der Waals surface area contributed by atoms with E-state index in [1.165, 1.54) is 0 Å². The Labute approximate surface area is 190 Å². The number of nitrogens with zero attached hydrogens (tertiary/aromatic N) is 3. The lowest BCUT2D eigenvalue weighted by Gasteiger charge is -2.13. The SMILES string of the molecule is CC(C)Oc1ncccc1-c1ccc(-c2cc(C(C)(C)O)nn2-c2ccccc2Cl)s1. The largest absolute Gasteiger partial charge is 0.474 e. The molecule has 0 saturated carbocycles. The summed E-state index contributed by atoms with van der Waals surface area (Å²) < 4.78 is 7.69. The molecule has 0 radical (unpaired) electrons. The fourth-order valence-electron chi connectivity index (χ4n) is 3.18. The molecule has 160 valence electrons. The van der Waals surface area contributed by atoms with Crippen LogP contribution in [-0.2, 0) is 5.60 Å². The van der Waals surface area contributed by atoms with E-state index in [2.05, 4.69) is 16.1 Å². The van der Waals surface area contributed by atoms with E-state index in [-0.39, 0.29) is 6.10 Å². The van der Waals surface area contributed by atoms with Gasteiger partial charge in [-0.1, -0.05) is 23.7 Å². The first-order chi connectivity index (χ1) is 14.7. The minimum Gasteiger partial charge on any atom is -0.474 e. The number of aromatic nitrogens is 3. The van der Waals surface area contributed by atoms with Gasteiger partial charge in [0.25, 0.3) is 0 Å². The predicted molar refractivity (Wildman–Crippen MR) is 126 cm³/mol. The molecule has 31 heavy (non-hydrogen) atoms. The second-order valence-corrected chi connectivity index (χ2v) is 9.51. The van der Waals surface area contributed by atoms with Crippen LogP contribution >= 0.6 is 22.9 Å². The van der Waals surface area contributed by atoms with E-state index in [0.717, 1.165) is 26.7 Å². The molecule has 0 saturated heterocycles. The van der Waals surface area contributed by atoms with Gasteiger partial charge in [-0.2, -0.15) is 5.10 Å². The molecule has 0 atom stereocenters. The number of ether oxygens (including phenoxy) is 1. The van der Waals surface area contributed by atoms with Crippen molar-refractivity contribution in [1.82, 2.24) is 14.8 Å². The highest BCUT2D eigenvalue weighted by atomic mass is 35.5. The van der Waals surface area contributed by atoms with Gasteiger partial charge in [0.2, 0.25) is 5.88 Å². The van der Waals surface area contributed by atoms with Gasteiger partial charge in [-0.15, -0.1) is 11.3 Å². The molecule has 0 aliphatic heterocycles. The molecule has 0 aliphatic carbocycles. The Bertz CT molecular complexity index is 1210. The summed E-state index contributed by atoms with van der Waals surface area (Å²) in [6, 6.07) is 17.5. The van der Waals surface area contributed by atoms with Gasteiger partial charge in [0.05, 0.1) is 38.6 Å². The quantitative estimate of drug-likeness (QED) is 0.370. The monoisotopic (exact) mass is 453 g/mol. The zero-order chi connectivity index (χ0) is 22.2. The highest BCUT2D eigenvalue weighted by molar-refractivity contribution is 7.18. The van der Waals surface area contributed by atoms with Crippen LogP contribution in [0.4, 0.5) is 0 Å². The Morgan fingerprint density at radius 3 is 2.52 bits per heavy atom. The lowest BCUT2D eigenvalue weighted by molar-refractivity contribution is 0.0734. The second-order valence-electron chi connectivity index (χ2n) is 8.02. The van der Waals surface area contributed by atoms with Crippen LogP contribution < -0.4 is 4.74 Å². The molecular formula is C24H24ClN3O2S. The summed E-state index contributed by atoms with van der Waals surface area (Å²) in [5.74, 6) is 0.614. The zero-order valence-electron chi connectivity index (χ0n) is 17.8. The maximum atomic E-state index is 10.6. The third-order valence-electron chi connectivity index (χ3n) is 4.66. The molecular weight excluding hydrogens is 430 g/mol. The average Bonchev–Trinajstić information content (AvgIpc) is 3.35. The lowest BCUT2D eigenvalue weighted by atomic mass is 10.1. The molecule has 0 unspecified atom stereocenters. The van der Waals surface area contributed by atoms with Crippen molar-refractivity contribution in [3.8, 4) is 32.6 Å². The summed E-state index contributed by atoms with van der Waals surface area (Å²) in [4.78, 5) is 6.44. The molecule has 5 nitrogen and oxygen atoms in total. The summed E-state index contributed by atoms with van der Waals surface area (Å²) in [6.07, 6.45) is 1.77. The molecule has 4 aromatic rings. The molecule has 3 aromatic heterocycles. The van der Waals surface area contributed by atoms with E-state index < -0.39 is 5.60 Å². The van der Waals surface area contributed by atoms with Crippen LogP contribution in [0.1, 0.15) is 33.4 Å². The molecule has 1 aromatic carbocycles. The fraction of sp³-hybridized carbons (Fsp3) is 0.250. The van der Waals surface area contributed by atoms with Crippen molar-refractivity contribution in [2.45, 2.75) is 39.4 Å². The van der Waals surface area contributed by atoms with Crippen molar-refractivity contribution in [1.29, 1.82) is 0 Å². The van der Waals surface area contributed by atoms with E-state index in [1.807, 2.05) is 62.4 Å². The molecule has 1 N–H and O–H groups in total. The minimum atomic E-state index is -1.08. The Balaban J connectivity index is 1.83. The van der Waals surface area contributed by atoms with Crippen molar-refractivity contribution in [3.63, 3.8) is 0 Å². The van der Waals surface area contributed by atoms with E-state index in [4.69, 9.17) is 16.3 Å². The van der Waals surface area contributed by atoms with Crippen LogP contribution in [0.3, 0.4) is 0 Å². The molecule has 0 fully saturated rings. The molecule has 0 spiro atoms. The van der Waals surface area contributed by atoms with Crippen LogP contribution in [0.5, 0.6) is 5.88 Å². The number of hydrogen-bond donors (Lipinski definition) is 1. The van der Waals surface area contributed by atoms with Gasteiger partial charge in [-0.3, -0.25) is 0 Å². The maximum Gasteiger partial charge on any atom is 0.222 e. The van der Waals surface area contributed by atoms with Gasteiger partial charge in [-0.25, -0.2) is 9.67 Å².